The number of rotatable bonds is 6. The number of aliphatic hydroxyl groups is 1. The van der Waals surface area contributed by atoms with Crippen LogP contribution in [-0.4, -0.2) is 47.5 Å². The molecule has 1 heterocycles. The zero-order valence-electron chi connectivity index (χ0n) is 9.96. The number of thioether (sulfide) groups is 1. The summed E-state index contributed by atoms with van der Waals surface area (Å²) in [6, 6.07) is 10.6. The smallest absolute Gasteiger partial charge is 0.0793 e. The van der Waals surface area contributed by atoms with Crippen molar-refractivity contribution in [2.45, 2.75) is 23.5 Å². The number of nitrogens with two attached hydrogens (primary N) is 1. The lowest BCUT2D eigenvalue weighted by atomic mass is 10.1. The van der Waals surface area contributed by atoms with Crippen molar-refractivity contribution in [2.24, 2.45) is 5.73 Å². The third-order valence-corrected chi connectivity index (χ3v) is 4.16. The predicted octanol–water partition coefficient (Wildman–Crippen LogP) is 1.17. The van der Waals surface area contributed by atoms with E-state index in [0.717, 1.165) is 31.8 Å². The van der Waals surface area contributed by atoms with E-state index in [2.05, 4.69) is 29.2 Å². The average Bonchev–Trinajstić information content (AvgIpc) is 2.32. The van der Waals surface area contributed by atoms with Gasteiger partial charge in [-0.05, 0) is 25.1 Å². The fourth-order valence-electron chi connectivity index (χ4n) is 1.88. The summed E-state index contributed by atoms with van der Waals surface area (Å²) in [6.45, 7) is 2.64. The van der Waals surface area contributed by atoms with Gasteiger partial charge in [0.15, 0.2) is 0 Å². The van der Waals surface area contributed by atoms with Gasteiger partial charge < -0.3 is 10.8 Å². The lowest BCUT2D eigenvalue weighted by Crippen LogP contribution is -2.51. The minimum atomic E-state index is -0.107. The Morgan fingerprint density at radius 1 is 1.35 bits per heavy atom. The minimum absolute atomic E-state index is 0.107. The van der Waals surface area contributed by atoms with E-state index in [4.69, 9.17) is 10.8 Å². The second-order valence-electron chi connectivity index (χ2n) is 4.59. The van der Waals surface area contributed by atoms with E-state index < -0.39 is 0 Å². The van der Waals surface area contributed by atoms with Gasteiger partial charge >= 0.3 is 0 Å². The SMILES string of the molecule is N[C@H](CCN1CC(O)C1)CSc1ccccc1. The van der Waals surface area contributed by atoms with E-state index in [1.807, 2.05) is 17.8 Å². The Morgan fingerprint density at radius 2 is 2.06 bits per heavy atom. The van der Waals surface area contributed by atoms with Crippen molar-refractivity contribution in [3.8, 4) is 0 Å². The van der Waals surface area contributed by atoms with Gasteiger partial charge in [0.1, 0.15) is 0 Å². The van der Waals surface area contributed by atoms with E-state index >= 15 is 0 Å². The summed E-state index contributed by atoms with van der Waals surface area (Å²) >= 11 is 1.81. The summed E-state index contributed by atoms with van der Waals surface area (Å²) < 4.78 is 0. The average molecular weight is 252 g/mol. The van der Waals surface area contributed by atoms with Crippen LogP contribution in [0.3, 0.4) is 0 Å². The highest BCUT2D eigenvalue weighted by atomic mass is 32.2. The quantitative estimate of drug-likeness (QED) is 0.746. The monoisotopic (exact) mass is 252 g/mol. The lowest BCUT2D eigenvalue weighted by molar-refractivity contribution is 0.00115. The first-order valence-corrected chi connectivity index (χ1v) is 7.06. The van der Waals surface area contributed by atoms with Crippen LogP contribution in [0.25, 0.3) is 0 Å². The van der Waals surface area contributed by atoms with Gasteiger partial charge in [0, 0.05) is 29.8 Å². The Bertz CT molecular complexity index is 327. The Hall–Kier alpha value is -0.550. The normalized spacial score (nSPS) is 18.9. The first-order chi connectivity index (χ1) is 8.24. The Labute approximate surface area is 107 Å². The number of likely N-dealkylation sites (tertiary alicyclic amines) is 1. The Balaban J connectivity index is 1.59. The van der Waals surface area contributed by atoms with Gasteiger partial charge in [-0.1, -0.05) is 18.2 Å². The number of hydrogen-bond donors (Lipinski definition) is 2. The van der Waals surface area contributed by atoms with Crippen LogP contribution >= 0.6 is 11.8 Å². The Morgan fingerprint density at radius 3 is 2.71 bits per heavy atom. The van der Waals surface area contributed by atoms with Crippen LogP contribution in [0.2, 0.25) is 0 Å². The summed E-state index contributed by atoms with van der Waals surface area (Å²) in [7, 11) is 0. The molecule has 0 bridgehead atoms. The van der Waals surface area contributed by atoms with Crippen LogP contribution in [0.4, 0.5) is 0 Å². The van der Waals surface area contributed by atoms with Crippen molar-refractivity contribution in [1.82, 2.24) is 4.90 Å². The number of nitrogens with zero attached hydrogens (tertiary/aromatic N) is 1. The molecule has 0 aromatic heterocycles. The molecule has 0 spiro atoms. The molecular weight excluding hydrogens is 232 g/mol. The van der Waals surface area contributed by atoms with Gasteiger partial charge in [-0.15, -0.1) is 11.8 Å². The second-order valence-corrected chi connectivity index (χ2v) is 5.68. The molecule has 2 rings (SSSR count). The maximum Gasteiger partial charge on any atom is 0.0793 e. The maximum atomic E-state index is 9.16. The summed E-state index contributed by atoms with van der Waals surface area (Å²) in [5, 5.41) is 9.16. The molecule has 94 valence electrons. The van der Waals surface area contributed by atoms with Gasteiger partial charge in [0.05, 0.1) is 6.10 Å². The highest BCUT2D eigenvalue weighted by Gasteiger charge is 2.23. The van der Waals surface area contributed by atoms with E-state index in [9.17, 15) is 0 Å². The largest absolute Gasteiger partial charge is 0.390 e. The van der Waals surface area contributed by atoms with Crippen molar-refractivity contribution >= 4 is 11.8 Å². The standard InChI is InChI=1S/C13H20N2OS/c14-11(6-7-15-8-12(16)9-15)10-17-13-4-2-1-3-5-13/h1-5,11-12,16H,6-10,14H2/t11-/m1/s1. The molecule has 0 amide bonds. The van der Waals surface area contributed by atoms with Crippen LogP contribution in [-0.2, 0) is 0 Å². The van der Waals surface area contributed by atoms with Gasteiger partial charge in [0.25, 0.3) is 0 Å². The highest BCUT2D eigenvalue weighted by molar-refractivity contribution is 7.99. The number of hydrogen-bond acceptors (Lipinski definition) is 4. The van der Waals surface area contributed by atoms with Crippen molar-refractivity contribution in [3.05, 3.63) is 30.3 Å². The molecule has 3 N–H and O–H groups in total. The fourth-order valence-corrected chi connectivity index (χ4v) is 2.80. The van der Waals surface area contributed by atoms with Gasteiger partial charge in [0.2, 0.25) is 0 Å². The molecule has 1 fully saturated rings. The molecule has 1 atom stereocenters. The molecule has 0 unspecified atom stereocenters. The summed E-state index contributed by atoms with van der Waals surface area (Å²) in [6.07, 6.45) is 0.900. The third-order valence-electron chi connectivity index (χ3n) is 2.96. The summed E-state index contributed by atoms with van der Waals surface area (Å²) in [5.41, 5.74) is 6.07. The van der Waals surface area contributed by atoms with Gasteiger partial charge in [-0.25, -0.2) is 0 Å². The maximum absolute atomic E-state index is 9.16. The molecule has 0 aliphatic carbocycles. The molecule has 1 aliphatic rings. The van der Waals surface area contributed by atoms with E-state index in [1.54, 1.807) is 0 Å². The predicted molar refractivity (Wildman–Crippen MR) is 72.2 cm³/mol. The fraction of sp³-hybridized carbons (Fsp3) is 0.538. The molecule has 1 aromatic carbocycles. The van der Waals surface area contributed by atoms with Crippen molar-refractivity contribution < 1.29 is 5.11 Å². The second kappa shape index (κ2) is 6.40. The van der Waals surface area contributed by atoms with Crippen LogP contribution in [0.5, 0.6) is 0 Å². The van der Waals surface area contributed by atoms with Crippen molar-refractivity contribution in [2.75, 3.05) is 25.4 Å². The van der Waals surface area contributed by atoms with Gasteiger partial charge in [-0.3, -0.25) is 4.90 Å². The van der Waals surface area contributed by atoms with E-state index in [0.29, 0.717) is 0 Å². The molecule has 17 heavy (non-hydrogen) atoms. The molecule has 1 saturated heterocycles. The molecule has 1 aliphatic heterocycles. The number of β-amino-alcohol motifs (C(OH)–C–C–N with tert-alkyl or cyclic N) is 1. The van der Waals surface area contributed by atoms with Crippen LogP contribution in [0.1, 0.15) is 6.42 Å². The van der Waals surface area contributed by atoms with Crippen LogP contribution < -0.4 is 5.73 Å². The third kappa shape index (κ3) is 4.32. The summed E-state index contributed by atoms with van der Waals surface area (Å²) in [4.78, 5) is 3.53. The lowest BCUT2D eigenvalue weighted by Gasteiger charge is -2.36. The summed E-state index contributed by atoms with van der Waals surface area (Å²) in [5.74, 6) is 0.959. The number of aliphatic hydroxyl groups excluding tert-OH is 1. The zero-order valence-corrected chi connectivity index (χ0v) is 10.8. The van der Waals surface area contributed by atoms with Crippen LogP contribution in [0, 0.1) is 0 Å². The van der Waals surface area contributed by atoms with E-state index in [1.165, 1.54) is 4.90 Å². The van der Waals surface area contributed by atoms with E-state index in [-0.39, 0.29) is 12.1 Å². The molecule has 3 nitrogen and oxygen atoms in total. The number of benzene rings is 1. The zero-order chi connectivity index (χ0) is 12.1. The minimum Gasteiger partial charge on any atom is -0.390 e. The molecule has 0 radical (unpaired) electrons. The van der Waals surface area contributed by atoms with Gasteiger partial charge in [-0.2, -0.15) is 0 Å². The first-order valence-electron chi connectivity index (χ1n) is 6.08. The molecule has 4 heteroatoms. The highest BCUT2D eigenvalue weighted by Crippen LogP contribution is 2.18. The molecule has 0 saturated carbocycles. The Kier molecular flexibility index (Phi) is 4.86. The van der Waals surface area contributed by atoms with Crippen LogP contribution in [0.15, 0.2) is 35.2 Å². The first kappa shape index (κ1) is 12.9. The van der Waals surface area contributed by atoms with Crippen molar-refractivity contribution in [3.63, 3.8) is 0 Å². The van der Waals surface area contributed by atoms with Crippen molar-refractivity contribution in [1.29, 1.82) is 0 Å². The molecular formula is C13H20N2OS. The topological polar surface area (TPSA) is 49.5 Å². The molecule has 1 aromatic rings.